The maximum absolute atomic E-state index is 14.6. The number of hydrogen-bond acceptors (Lipinski definition) is 2. The van der Waals surface area contributed by atoms with Gasteiger partial charge in [0.2, 0.25) is 0 Å². The standard InChI is InChI=1S/2C17H19O.Fe/c2*1-3-13(2)12-14-8-10-16(11-9-14)17(18)15-6-4-5-7-15;/h2*4-11,13H,3,12H2,1-2H3;. The normalized spacial score (nSPS) is 64.6. The van der Waals surface area contributed by atoms with Crippen molar-refractivity contribution < 1.29 is 16.1 Å². The molecule has 0 bridgehead atoms. The van der Waals surface area contributed by atoms with Gasteiger partial charge in [-0.05, 0) is 0 Å². The Kier molecular flexibility index (Phi) is 1.50. The fourth-order valence-electron chi connectivity index (χ4n) is 20.9. The fraction of sp³-hybridized carbons (Fsp3) is 0.588. The molecule has 2 nitrogen and oxygen atoms in total. The van der Waals surface area contributed by atoms with Gasteiger partial charge < -0.3 is 0 Å². The number of hydrogen-bond donors (Lipinski definition) is 0. The van der Waals surface area contributed by atoms with Crippen LogP contribution in [0, 0.1) is 11.8 Å². The molecule has 10 unspecified atom stereocenters. The zero-order chi connectivity index (χ0) is 25.0. The Hall–Kier alpha value is -1.70. The summed E-state index contributed by atoms with van der Waals surface area (Å²) >= 11 is 0. The third kappa shape index (κ3) is 0.469. The first-order valence-electron chi connectivity index (χ1n) is 15.1. The Morgan fingerprint density at radius 2 is 0.973 bits per heavy atom. The summed E-state index contributed by atoms with van der Waals surface area (Å²) < 4.78 is 0.0809. The summed E-state index contributed by atoms with van der Waals surface area (Å²) in [5.41, 5.74) is 4.69. The molecule has 194 valence electrons. The SMILES string of the molecule is CCC(C)Cc1ccc(C(=O)[C]23[CH]4[CH]5[CH]6[CH]2[Fe]56432789[CH]3[CH]2[CH]7[C]8(C(=O)c2ccc(CC(C)CC)cc2)[CH]39)cc1. The summed E-state index contributed by atoms with van der Waals surface area (Å²) in [5, 5.41) is 0. The molecular formula is C34H38FeO2. The van der Waals surface area contributed by atoms with Gasteiger partial charge in [-0.1, -0.05) is 0 Å². The van der Waals surface area contributed by atoms with E-state index >= 15 is 0 Å². The van der Waals surface area contributed by atoms with E-state index in [1.807, 2.05) is 0 Å². The Bertz CT molecular complexity index is 1770. The van der Waals surface area contributed by atoms with Crippen LogP contribution in [-0.4, -0.2) is 11.6 Å². The summed E-state index contributed by atoms with van der Waals surface area (Å²) in [4.78, 5) is 35.9. The minimum absolute atomic E-state index is 0.0405. The summed E-state index contributed by atoms with van der Waals surface area (Å²) in [6, 6.07) is 17.6. The van der Waals surface area contributed by atoms with Crippen molar-refractivity contribution in [3.63, 3.8) is 0 Å². The van der Waals surface area contributed by atoms with E-state index in [1.54, 1.807) is 0 Å². The van der Waals surface area contributed by atoms with Crippen molar-refractivity contribution in [2.24, 2.45) is 11.8 Å². The van der Waals surface area contributed by atoms with Crippen LogP contribution in [0.2, 0.25) is 47.2 Å². The zero-order valence-corrected chi connectivity index (χ0v) is 23.5. The molecule has 0 aliphatic carbocycles. The summed E-state index contributed by atoms with van der Waals surface area (Å²) in [7, 11) is 0. The van der Waals surface area contributed by atoms with Gasteiger partial charge in [0.05, 0.1) is 0 Å². The fourth-order valence-corrected chi connectivity index (χ4v) is 96.3. The van der Waals surface area contributed by atoms with Gasteiger partial charge >= 0.3 is 211 Å². The van der Waals surface area contributed by atoms with Crippen LogP contribution in [-0.2, 0) is 19.4 Å². The first-order valence-corrected chi connectivity index (χ1v) is 21.3. The first-order chi connectivity index (χ1) is 17.6. The molecule has 10 aliphatic rings. The van der Waals surface area contributed by atoms with E-state index < -0.39 is 6.51 Å². The number of Topliss-reactive ketones (excluding diaryl/α,β-unsaturated/α-hetero) is 2. The number of rotatable bonds is 10. The molecule has 10 saturated heterocycles. The van der Waals surface area contributed by atoms with Crippen LogP contribution < -0.4 is 0 Å². The predicted octanol–water partition coefficient (Wildman–Crippen LogP) is 9.06. The molecular weight excluding hydrogens is 496 g/mol. The summed E-state index contributed by atoms with van der Waals surface area (Å²) in [6.45, 7) is 4.90. The van der Waals surface area contributed by atoms with Crippen molar-refractivity contribution in [3.05, 3.63) is 70.8 Å². The Balaban J connectivity index is 0.959. The van der Waals surface area contributed by atoms with Crippen molar-refractivity contribution in [1.29, 1.82) is 0 Å². The first kappa shape index (κ1) is 19.4. The van der Waals surface area contributed by atoms with Gasteiger partial charge in [0.25, 0.3) is 0 Å². The number of carbonyl (C=O) groups is 2. The van der Waals surface area contributed by atoms with E-state index in [-0.39, 0.29) is 8.63 Å². The van der Waals surface area contributed by atoms with E-state index in [0.717, 1.165) is 62.5 Å². The van der Waals surface area contributed by atoms with Crippen LogP contribution in [0.3, 0.4) is 0 Å². The number of fused-ring (bicyclic) bond motifs is 10. The average molecular weight is 535 g/mol. The van der Waals surface area contributed by atoms with Gasteiger partial charge in [-0.25, -0.2) is 0 Å². The second-order valence-corrected chi connectivity index (χ2v) is 40.5. The average Bonchev–Trinajstić information content (AvgIpc) is 3.87. The van der Waals surface area contributed by atoms with Crippen molar-refractivity contribution in [3.8, 4) is 0 Å². The molecule has 0 amide bonds. The summed E-state index contributed by atoms with van der Waals surface area (Å²) in [6.07, 6.45) is 4.57. The molecule has 3 heteroatoms. The minimum atomic E-state index is -4.22. The van der Waals surface area contributed by atoms with E-state index in [1.165, 1.54) is 24.0 Å². The molecule has 0 aromatic heterocycles. The Morgan fingerprint density at radius 1 is 0.649 bits per heavy atom. The molecule has 10 heterocycles. The van der Waals surface area contributed by atoms with Gasteiger partial charge in [-0.3, -0.25) is 0 Å². The third-order valence-corrected chi connectivity index (χ3v) is 63.2. The second kappa shape index (κ2) is 2.86. The van der Waals surface area contributed by atoms with Crippen LogP contribution in [0.4, 0.5) is 0 Å². The van der Waals surface area contributed by atoms with E-state index in [9.17, 15) is 9.59 Å². The van der Waals surface area contributed by atoms with Crippen LogP contribution in [0.5, 0.6) is 0 Å². The number of ketones is 2. The third-order valence-electron chi connectivity index (χ3n) is 20.5. The van der Waals surface area contributed by atoms with Crippen molar-refractivity contribution in [2.45, 2.75) is 101 Å². The van der Waals surface area contributed by atoms with Gasteiger partial charge in [0.15, 0.2) is 0 Å². The molecule has 37 heavy (non-hydrogen) atoms. The van der Waals surface area contributed by atoms with Gasteiger partial charge in [0, 0.05) is 0 Å². The van der Waals surface area contributed by atoms with E-state index in [4.69, 9.17) is 0 Å². The quantitative estimate of drug-likeness (QED) is 0.225. The maximum atomic E-state index is 14.6. The van der Waals surface area contributed by atoms with Crippen molar-refractivity contribution in [1.82, 2.24) is 0 Å². The van der Waals surface area contributed by atoms with E-state index in [2.05, 4.69) is 76.2 Å². The van der Waals surface area contributed by atoms with Crippen LogP contribution in [0.15, 0.2) is 48.5 Å². The Labute approximate surface area is 210 Å². The molecule has 0 saturated carbocycles. The monoisotopic (exact) mass is 534 g/mol. The van der Waals surface area contributed by atoms with Gasteiger partial charge in [0.1, 0.15) is 0 Å². The predicted molar refractivity (Wildman–Crippen MR) is 143 cm³/mol. The summed E-state index contributed by atoms with van der Waals surface area (Å²) in [5.74, 6) is 2.43. The van der Waals surface area contributed by atoms with Crippen molar-refractivity contribution >= 4 is 11.6 Å². The van der Waals surface area contributed by atoms with Crippen LogP contribution in [0.1, 0.15) is 72.4 Å². The molecule has 2 aromatic carbocycles. The van der Waals surface area contributed by atoms with Gasteiger partial charge in [-0.2, -0.15) is 0 Å². The second-order valence-electron chi connectivity index (χ2n) is 17.3. The number of carbonyl (C=O) groups excluding carboxylic acids is 2. The van der Waals surface area contributed by atoms with Crippen LogP contribution >= 0.6 is 0 Å². The van der Waals surface area contributed by atoms with Crippen molar-refractivity contribution in [2.75, 3.05) is 0 Å². The Morgan fingerprint density at radius 3 is 1.24 bits per heavy atom. The molecule has 0 N–H and O–H groups in total. The van der Waals surface area contributed by atoms with Gasteiger partial charge in [-0.15, -0.1) is 0 Å². The number of benzene rings is 2. The zero-order valence-electron chi connectivity index (χ0n) is 22.4. The molecule has 0 radical (unpaired) electrons. The van der Waals surface area contributed by atoms with E-state index in [0.29, 0.717) is 23.4 Å². The molecule has 2 aromatic rings. The molecule has 10 fully saturated rings. The molecule has 10 aliphatic heterocycles. The molecule has 10 atom stereocenters. The van der Waals surface area contributed by atoms with Crippen LogP contribution in [0.25, 0.3) is 0 Å². The topological polar surface area (TPSA) is 34.1 Å². The molecule has 12 rings (SSSR count). The molecule has 1 spiro atoms.